The highest BCUT2D eigenvalue weighted by Crippen LogP contribution is 2.22. The van der Waals surface area contributed by atoms with Crippen LogP contribution in [0.15, 0.2) is 24.3 Å². The standard InChI is InChI=1S/C17H25NO3/c1-16(2,3)13-9-7-12(8-10-13)14(19)15(20)18(6)11-17(4,5)21/h7-10,21H,11H2,1-6H3. The summed E-state index contributed by atoms with van der Waals surface area (Å²) in [6.07, 6.45) is 0. The first-order valence-electron chi connectivity index (χ1n) is 7.04. The Morgan fingerprint density at radius 1 is 1.05 bits per heavy atom. The van der Waals surface area contributed by atoms with Crippen molar-refractivity contribution in [3.8, 4) is 0 Å². The average molecular weight is 291 g/mol. The lowest BCUT2D eigenvalue weighted by molar-refractivity contribution is -0.127. The van der Waals surface area contributed by atoms with E-state index in [9.17, 15) is 14.7 Å². The van der Waals surface area contributed by atoms with Crippen molar-refractivity contribution in [2.75, 3.05) is 13.6 Å². The van der Waals surface area contributed by atoms with E-state index in [0.717, 1.165) is 5.56 Å². The lowest BCUT2D eigenvalue weighted by atomic mass is 9.86. The van der Waals surface area contributed by atoms with E-state index in [4.69, 9.17) is 0 Å². The number of rotatable bonds is 4. The molecule has 0 heterocycles. The maximum atomic E-state index is 12.2. The van der Waals surface area contributed by atoms with E-state index in [2.05, 4.69) is 20.8 Å². The van der Waals surface area contributed by atoms with Crippen LogP contribution < -0.4 is 0 Å². The van der Waals surface area contributed by atoms with Crippen LogP contribution in [0, 0.1) is 0 Å². The van der Waals surface area contributed by atoms with E-state index < -0.39 is 17.3 Å². The third-order valence-electron chi connectivity index (χ3n) is 3.18. The molecule has 0 saturated heterocycles. The Morgan fingerprint density at radius 3 is 1.90 bits per heavy atom. The van der Waals surface area contributed by atoms with Crippen LogP contribution in [-0.4, -0.2) is 40.9 Å². The third kappa shape index (κ3) is 4.97. The summed E-state index contributed by atoms with van der Waals surface area (Å²) in [6, 6.07) is 7.10. The highest BCUT2D eigenvalue weighted by Gasteiger charge is 2.25. The zero-order chi connectivity index (χ0) is 16.4. The number of carbonyl (C=O) groups is 2. The molecule has 0 spiro atoms. The maximum Gasteiger partial charge on any atom is 0.294 e. The number of amides is 1. The topological polar surface area (TPSA) is 57.6 Å². The first-order chi connectivity index (χ1) is 9.42. The molecule has 0 unspecified atom stereocenters. The monoisotopic (exact) mass is 291 g/mol. The van der Waals surface area contributed by atoms with Crippen LogP contribution in [0.25, 0.3) is 0 Å². The molecule has 0 atom stereocenters. The number of Topliss-reactive ketones (excluding diaryl/α,β-unsaturated/α-hetero) is 1. The van der Waals surface area contributed by atoms with Crippen molar-refractivity contribution in [3.05, 3.63) is 35.4 Å². The van der Waals surface area contributed by atoms with E-state index >= 15 is 0 Å². The summed E-state index contributed by atoms with van der Waals surface area (Å²) in [5.74, 6) is -1.16. The molecule has 0 radical (unpaired) electrons. The summed E-state index contributed by atoms with van der Waals surface area (Å²) in [7, 11) is 1.52. The van der Waals surface area contributed by atoms with Gasteiger partial charge in [0.2, 0.25) is 5.78 Å². The van der Waals surface area contributed by atoms with Crippen LogP contribution in [0.4, 0.5) is 0 Å². The van der Waals surface area contributed by atoms with Gasteiger partial charge in [0.15, 0.2) is 0 Å². The molecule has 4 heteroatoms. The smallest absolute Gasteiger partial charge is 0.294 e. The Kier molecular flexibility index (Phi) is 4.95. The fourth-order valence-electron chi connectivity index (χ4n) is 2.07. The molecule has 0 saturated carbocycles. The summed E-state index contributed by atoms with van der Waals surface area (Å²) < 4.78 is 0. The number of ketones is 1. The summed E-state index contributed by atoms with van der Waals surface area (Å²) >= 11 is 0. The van der Waals surface area contributed by atoms with Gasteiger partial charge >= 0.3 is 0 Å². The first-order valence-corrected chi connectivity index (χ1v) is 7.04. The van der Waals surface area contributed by atoms with Gasteiger partial charge in [0.25, 0.3) is 5.91 Å². The second-order valence-electron chi connectivity index (χ2n) is 7.13. The number of aliphatic hydroxyl groups is 1. The summed E-state index contributed by atoms with van der Waals surface area (Å²) in [4.78, 5) is 25.5. The molecule has 1 aromatic rings. The Balaban J connectivity index is 2.86. The van der Waals surface area contributed by atoms with E-state index in [0.29, 0.717) is 5.56 Å². The highest BCUT2D eigenvalue weighted by molar-refractivity contribution is 6.42. The Labute approximate surface area is 126 Å². The molecule has 116 valence electrons. The van der Waals surface area contributed by atoms with Crippen molar-refractivity contribution in [2.24, 2.45) is 0 Å². The molecule has 4 nitrogen and oxygen atoms in total. The predicted octanol–water partition coefficient (Wildman–Crippen LogP) is 2.40. The third-order valence-corrected chi connectivity index (χ3v) is 3.18. The van der Waals surface area contributed by atoms with Gasteiger partial charge in [-0.2, -0.15) is 0 Å². The Morgan fingerprint density at radius 2 is 1.52 bits per heavy atom. The minimum atomic E-state index is -1.03. The Hall–Kier alpha value is -1.68. The molecule has 1 N–H and O–H groups in total. The van der Waals surface area contributed by atoms with Gasteiger partial charge in [0.1, 0.15) is 0 Å². The lowest BCUT2D eigenvalue weighted by Crippen LogP contribution is -2.42. The van der Waals surface area contributed by atoms with E-state index in [-0.39, 0.29) is 12.0 Å². The van der Waals surface area contributed by atoms with Gasteiger partial charge in [-0.15, -0.1) is 0 Å². The molecule has 1 aromatic carbocycles. The summed E-state index contributed by atoms with van der Waals surface area (Å²) in [5, 5.41) is 9.71. The first kappa shape index (κ1) is 17.4. The van der Waals surface area contributed by atoms with Gasteiger partial charge in [-0.25, -0.2) is 0 Å². The number of hydrogen-bond donors (Lipinski definition) is 1. The van der Waals surface area contributed by atoms with Crippen molar-refractivity contribution in [2.45, 2.75) is 45.6 Å². The van der Waals surface area contributed by atoms with Crippen molar-refractivity contribution in [3.63, 3.8) is 0 Å². The molecule has 21 heavy (non-hydrogen) atoms. The molecule has 1 rings (SSSR count). The number of hydrogen-bond acceptors (Lipinski definition) is 3. The van der Waals surface area contributed by atoms with Gasteiger partial charge in [-0.3, -0.25) is 9.59 Å². The van der Waals surface area contributed by atoms with E-state index in [1.54, 1.807) is 26.0 Å². The average Bonchev–Trinajstić information content (AvgIpc) is 2.34. The lowest BCUT2D eigenvalue weighted by Gasteiger charge is -2.25. The van der Waals surface area contributed by atoms with Crippen LogP contribution in [0.2, 0.25) is 0 Å². The molecule has 0 aliphatic heterocycles. The van der Waals surface area contributed by atoms with Crippen molar-refractivity contribution < 1.29 is 14.7 Å². The fraction of sp³-hybridized carbons (Fsp3) is 0.529. The number of likely N-dealkylation sites (N-methyl/N-ethyl adjacent to an activating group) is 1. The molecule has 1 amide bonds. The number of carbonyl (C=O) groups excluding carboxylic acids is 2. The van der Waals surface area contributed by atoms with Gasteiger partial charge in [0, 0.05) is 19.2 Å². The molecule has 0 fully saturated rings. The molecule has 0 aliphatic rings. The van der Waals surface area contributed by atoms with E-state index in [1.807, 2.05) is 12.1 Å². The highest BCUT2D eigenvalue weighted by atomic mass is 16.3. The summed E-state index contributed by atoms with van der Waals surface area (Å²) in [5.41, 5.74) is 0.455. The second-order valence-corrected chi connectivity index (χ2v) is 7.13. The molecule has 0 bridgehead atoms. The largest absolute Gasteiger partial charge is 0.389 e. The second kappa shape index (κ2) is 5.98. The van der Waals surface area contributed by atoms with E-state index in [1.165, 1.54) is 11.9 Å². The molecular formula is C17H25NO3. The minimum absolute atomic E-state index is 0.00326. The van der Waals surface area contributed by atoms with Crippen LogP contribution in [0.3, 0.4) is 0 Å². The quantitative estimate of drug-likeness (QED) is 0.684. The SMILES string of the molecule is CN(CC(C)(C)O)C(=O)C(=O)c1ccc(C(C)(C)C)cc1. The van der Waals surface area contributed by atoms with Gasteiger partial charge in [0.05, 0.1) is 5.60 Å². The summed E-state index contributed by atoms with van der Waals surface area (Å²) in [6.45, 7) is 9.57. The van der Waals surface area contributed by atoms with Crippen molar-refractivity contribution in [1.29, 1.82) is 0 Å². The van der Waals surface area contributed by atoms with Gasteiger partial charge < -0.3 is 10.0 Å². The predicted molar refractivity (Wildman–Crippen MR) is 83.4 cm³/mol. The molecule has 0 aromatic heterocycles. The van der Waals surface area contributed by atoms with Crippen molar-refractivity contribution >= 4 is 11.7 Å². The van der Waals surface area contributed by atoms with Crippen molar-refractivity contribution in [1.82, 2.24) is 4.90 Å². The normalized spacial score (nSPS) is 12.1. The molecule has 0 aliphatic carbocycles. The molecular weight excluding hydrogens is 266 g/mol. The zero-order valence-electron chi connectivity index (χ0n) is 13.7. The van der Waals surface area contributed by atoms with Crippen LogP contribution in [0.1, 0.15) is 50.5 Å². The van der Waals surface area contributed by atoms with Gasteiger partial charge in [-0.05, 0) is 24.8 Å². The fourth-order valence-corrected chi connectivity index (χ4v) is 2.07. The Bertz CT molecular complexity index is 518. The van der Waals surface area contributed by atoms with Crippen LogP contribution in [-0.2, 0) is 10.2 Å². The number of benzene rings is 1. The van der Waals surface area contributed by atoms with Gasteiger partial charge in [-0.1, -0.05) is 45.0 Å². The van der Waals surface area contributed by atoms with Crippen LogP contribution >= 0.6 is 0 Å². The maximum absolute atomic E-state index is 12.2. The van der Waals surface area contributed by atoms with Crippen LogP contribution in [0.5, 0.6) is 0 Å². The number of nitrogens with zero attached hydrogens (tertiary/aromatic N) is 1. The zero-order valence-corrected chi connectivity index (χ0v) is 13.7. The minimum Gasteiger partial charge on any atom is -0.389 e.